The second kappa shape index (κ2) is 17.9. The highest BCUT2D eigenvalue weighted by molar-refractivity contribution is 6.94. The molecule has 0 atom stereocenters. The maximum absolute atomic E-state index is 2.80. The Labute approximate surface area is 521 Å². The summed E-state index contributed by atoms with van der Waals surface area (Å²) in [4.78, 5) is 8.08. The zero-order valence-corrected chi connectivity index (χ0v) is 53.1. The molecule has 0 aromatic heterocycles. The molecule has 0 amide bonds. The predicted octanol–water partition coefficient (Wildman–Crippen LogP) is 20.9. The highest BCUT2D eigenvalue weighted by Crippen LogP contribution is 2.66. The van der Waals surface area contributed by atoms with Crippen LogP contribution in [-0.4, -0.2) is 6.85 Å². The fraction of sp³-hybridized carbons (Fsp3) is 0.238. The number of hydrogen-bond donors (Lipinski definition) is 0. The molecule has 11 aromatic rings. The van der Waals surface area contributed by atoms with E-state index in [-0.39, 0.29) is 33.9 Å². The number of nitrogens with zero attached hydrogens (tertiary/aromatic N) is 3. The second-order valence-electron chi connectivity index (χ2n) is 30.3. The average molecular weight is 1140 g/mol. The van der Waals surface area contributed by atoms with Gasteiger partial charge in [0.05, 0.1) is 11.1 Å². The van der Waals surface area contributed by atoms with Crippen LogP contribution in [0.5, 0.6) is 0 Å². The highest BCUT2D eigenvalue weighted by atomic mass is 15.2. The summed E-state index contributed by atoms with van der Waals surface area (Å²) in [5.74, 6) is 0. The SMILES string of the molecule is CC(C)(C)c1ccc(N(c2ccc(C(C)(C)C)cc2)c2ccc3c(c2)-c2c4c(cc5c2-c2ccccc2C5(C)C)N2c5cc6ccccc6cc5C5(c6ccccc6-c6ccccc65)c5cccc(c52)B4N3c2ccc3c(c2)C(C)(C)CCC3(C)C)cc1. The van der Waals surface area contributed by atoms with Gasteiger partial charge in [-0.15, -0.1) is 0 Å². The molecule has 430 valence electrons. The molecule has 3 aliphatic carbocycles. The van der Waals surface area contributed by atoms with Crippen LogP contribution in [-0.2, 0) is 32.5 Å². The van der Waals surface area contributed by atoms with Gasteiger partial charge in [0.2, 0.25) is 0 Å². The molecule has 0 radical (unpaired) electrons. The van der Waals surface area contributed by atoms with Gasteiger partial charge in [0.15, 0.2) is 0 Å². The van der Waals surface area contributed by atoms with E-state index in [1.165, 1.54) is 139 Å². The monoisotopic (exact) mass is 1140 g/mol. The summed E-state index contributed by atoms with van der Waals surface area (Å²) in [6.07, 6.45) is 2.30. The summed E-state index contributed by atoms with van der Waals surface area (Å²) >= 11 is 0. The first-order valence-corrected chi connectivity index (χ1v) is 32.2. The largest absolute Gasteiger partial charge is 0.376 e. The van der Waals surface area contributed by atoms with Gasteiger partial charge in [0, 0.05) is 50.8 Å². The molecular formula is C84H76BN3. The maximum Gasteiger partial charge on any atom is 0.333 e. The zero-order valence-electron chi connectivity index (χ0n) is 53.1. The van der Waals surface area contributed by atoms with Gasteiger partial charge in [0.1, 0.15) is 0 Å². The summed E-state index contributed by atoms with van der Waals surface area (Å²) in [6.45, 7) is 28.5. The van der Waals surface area contributed by atoms with E-state index in [4.69, 9.17) is 0 Å². The predicted molar refractivity (Wildman–Crippen MR) is 373 cm³/mol. The van der Waals surface area contributed by atoms with E-state index in [1.54, 1.807) is 0 Å². The molecule has 17 rings (SSSR count). The Kier molecular flexibility index (Phi) is 10.9. The third kappa shape index (κ3) is 7.15. The van der Waals surface area contributed by atoms with E-state index in [0.29, 0.717) is 0 Å². The fourth-order valence-corrected chi connectivity index (χ4v) is 17.3. The Morgan fingerprint density at radius 2 is 0.932 bits per heavy atom. The Hall–Kier alpha value is -8.86. The van der Waals surface area contributed by atoms with Crippen molar-refractivity contribution in [2.24, 2.45) is 0 Å². The summed E-state index contributed by atoms with van der Waals surface area (Å²) < 4.78 is 0. The molecule has 88 heavy (non-hydrogen) atoms. The van der Waals surface area contributed by atoms with E-state index < -0.39 is 5.41 Å². The van der Waals surface area contributed by atoms with Crippen LogP contribution in [0.25, 0.3) is 44.2 Å². The van der Waals surface area contributed by atoms with Crippen molar-refractivity contribution in [1.29, 1.82) is 0 Å². The van der Waals surface area contributed by atoms with Crippen molar-refractivity contribution in [3.05, 3.63) is 274 Å². The molecule has 0 fully saturated rings. The Morgan fingerprint density at radius 3 is 1.56 bits per heavy atom. The summed E-state index contributed by atoms with van der Waals surface area (Å²) in [7, 11) is 0. The molecule has 0 saturated heterocycles. The van der Waals surface area contributed by atoms with Crippen LogP contribution in [0, 0.1) is 0 Å². The lowest BCUT2D eigenvalue weighted by molar-refractivity contribution is 0.332. The molecule has 0 saturated carbocycles. The lowest BCUT2D eigenvalue weighted by atomic mass is 9.42. The minimum atomic E-state index is -0.603. The average Bonchev–Trinajstić information content (AvgIpc) is 1.21. The number of anilines is 8. The third-order valence-electron chi connectivity index (χ3n) is 22.0. The number of fused-ring (bicyclic) bond motifs is 19. The van der Waals surface area contributed by atoms with E-state index in [9.17, 15) is 0 Å². The molecule has 6 aliphatic rings. The van der Waals surface area contributed by atoms with Gasteiger partial charge in [-0.05, 0) is 212 Å². The first-order chi connectivity index (χ1) is 42.2. The van der Waals surface area contributed by atoms with Crippen molar-refractivity contribution in [2.45, 2.75) is 128 Å². The first-order valence-electron chi connectivity index (χ1n) is 32.2. The summed E-state index contributed by atoms with van der Waals surface area (Å²) in [6, 6.07) is 86.1. The molecule has 3 aliphatic heterocycles. The van der Waals surface area contributed by atoms with Crippen LogP contribution in [0.2, 0.25) is 0 Å². The van der Waals surface area contributed by atoms with Gasteiger partial charge in [-0.2, -0.15) is 0 Å². The Bertz CT molecular complexity index is 4710. The van der Waals surface area contributed by atoms with E-state index in [1.807, 2.05) is 0 Å². The van der Waals surface area contributed by atoms with Crippen LogP contribution in [0.4, 0.5) is 45.5 Å². The Balaban J connectivity index is 1.02. The van der Waals surface area contributed by atoms with Gasteiger partial charge < -0.3 is 14.6 Å². The van der Waals surface area contributed by atoms with Crippen molar-refractivity contribution in [3.63, 3.8) is 0 Å². The van der Waals surface area contributed by atoms with E-state index in [2.05, 4.69) is 316 Å². The summed E-state index contributed by atoms with van der Waals surface area (Å²) in [5, 5.41) is 2.49. The number of hydrogen-bond acceptors (Lipinski definition) is 3. The zero-order chi connectivity index (χ0) is 60.3. The lowest BCUT2D eigenvalue weighted by Crippen LogP contribution is -2.63. The van der Waals surface area contributed by atoms with Crippen molar-refractivity contribution < 1.29 is 0 Å². The second-order valence-corrected chi connectivity index (χ2v) is 30.3. The molecule has 3 nitrogen and oxygen atoms in total. The molecule has 0 unspecified atom stereocenters. The van der Waals surface area contributed by atoms with Gasteiger partial charge in [0.25, 0.3) is 0 Å². The smallest absolute Gasteiger partial charge is 0.333 e. The molecule has 1 spiro atoms. The quantitative estimate of drug-likeness (QED) is 0.163. The minimum absolute atomic E-state index is 0.00844. The standard InChI is InChI=1S/C84H76BN3/c1-79(2,3)53-32-36-55(37-33-53)86(56-38-34-54(35-39-56)80(4,5)6)57-41-43-72-62(48-57)76-75-61-26-17-18-27-63(61)83(11,12)70(75)50-74-77(76)85(88(72)58-40-42-66-68(49-58)82(9,10)45-44-81(66,7)8)71-31-21-30-67-78(71)87(74)73-47-52-23-14-13-22-51(52)46-69(73)84(67)64-28-19-15-24-59(64)60-25-16-20-29-65(60)84/h13-43,46-50H,44-45H2,1-12H3. The van der Waals surface area contributed by atoms with E-state index in [0.717, 1.165) is 29.9 Å². The van der Waals surface area contributed by atoms with Gasteiger partial charge in [-0.25, -0.2) is 0 Å². The number of rotatable bonds is 4. The topological polar surface area (TPSA) is 9.72 Å². The molecule has 0 bridgehead atoms. The molecule has 4 heteroatoms. The van der Waals surface area contributed by atoms with Crippen molar-refractivity contribution >= 4 is 74.0 Å². The van der Waals surface area contributed by atoms with Crippen LogP contribution in [0.1, 0.15) is 152 Å². The minimum Gasteiger partial charge on any atom is -0.376 e. The summed E-state index contributed by atoms with van der Waals surface area (Å²) in [5.41, 5.74) is 33.1. The lowest BCUT2D eigenvalue weighted by Gasteiger charge is -2.52. The van der Waals surface area contributed by atoms with Gasteiger partial charge in [-0.3, -0.25) is 0 Å². The van der Waals surface area contributed by atoms with Gasteiger partial charge >= 0.3 is 6.85 Å². The molecule has 11 aromatic carbocycles. The van der Waals surface area contributed by atoms with Gasteiger partial charge in [-0.1, -0.05) is 229 Å². The van der Waals surface area contributed by atoms with Crippen molar-refractivity contribution in [2.75, 3.05) is 14.6 Å². The van der Waals surface area contributed by atoms with Crippen LogP contribution >= 0.6 is 0 Å². The highest BCUT2D eigenvalue weighted by Gasteiger charge is 2.57. The van der Waals surface area contributed by atoms with Crippen LogP contribution in [0.15, 0.2) is 218 Å². The third-order valence-corrected chi connectivity index (χ3v) is 22.0. The van der Waals surface area contributed by atoms with Crippen molar-refractivity contribution in [3.8, 4) is 33.4 Å². The van der Waals surface area contributed by atoms with Crippen LogP contribution < -0.4 is 25.5 Å². The number of benzene rings is 11. The van der Waals surface area contributed by atoms with Crippen LogP contribution in [0.3, 0.4) is 0 Å². The fourth-order valence-electron chi connectivity index (χ4n) is 17.3. The number of para-hydroxylation sites is 1. The molecule has 3 heterocycles. The molecular weight excluding hydrogens is 1060 g/mol. The first kappa shape index (κ1) is 53.4. The van der Waals surface area contributed by atoms with Crippen molar-refractivity contribution in [1.82, 2.24) is 0 Å². The Morgan fingerprint density at radius 1 is 0.386 bits per heavy atom. The normalized spacial score (nSPS) is 16.8. The maximum atomic E-state index is 2.80. The van der Waals surface area contributed by atoms with E-state index >= 15 is 0 Å². The molecule has 0 N–H and O–H groups in total.